The summed E-state index contributed by atoms with van der Waals surface area (Å²) in [6.45, 7) is 3.23. The van der Waals surface area contributed by atoms with Gasteiger partial charge in [0.25, 0.3) is 6.08 Å². The van der Waals surface area contributed by atoms with Crippen molar-refractivity contribution in [2.75, 3.05) is 0 Å². The normalized spacial score (nSPS) is 29.6. The molecule has 0 bridgehead atoms. The van der Waals surface area contributed by atoms with Gasteiger partial charge in [-0.2, -0.15) is 8.78 Å². The van der Waals surface area contributed by atoms with Gasteiger partial charge < -0.3 is 5.11 Å². The summed E-state index contributed by atoms with van der Waals surface area (Å²) in [5.74, 6) is -2.60. The number of hydrogen-bond acceptors (Lipinski definition) is 1. The lowest BCUT2D eigenvalue weighted by molar-refractivity contribution is -0.139. The molecule has 0 spiro atoms. The van der Waals surface area contributed by atoms with Crippen LogP contribution in [0.5, 0.6) is 0 Å². The van der Waals surface area contributed by atoms with Crippen molar-refractivity contribution in [1.82, 2.24) is 0 Å². The van der Waals surface area contributed by atoms with Crippen molar-refractivity contribution in [3.8, 4) is 0 Å². The van der Waals surface area contributed by atoms with Crippen LogP contribution < -0.4 is 0 Å². The van der Waals surface area contributed by atoms with Gasteiger partial charge in [-0.25, -0.2) is 0 Å². The molecule has 0 saturated heterocycles. The minimum Gasteiger partial charge on any atom is -0.481 e. The summed E-state index contributed by atoms with van der Waals surface area (Å²) >= 11 is 5.30. The SMILES string of the molecule is CC1(C)C(C(=O)O)C1C(Cl)=C(F)F. The first-order chi connectivity index (χ1) is 5.80. The van der Waals surface area contributed by atoms with Crippen LogP contribution in [-0.2, 0) is 4.79 Å². The quantitative estimate of drug-likeness (QED) is 0.761. The first-order valence-electron chi connectivity index (χ1n) is 3.73. The van der Waals surface area contributed by atoms with Gasteiger partial charge in [0.05, 0.1) is 11.0 Å². The predicted octanol–water partition coefficient (Wildman–Crippen LogP) is 2.69. The Balaban J connectivity index is 2.89. The van der Waals surface area contributed by atoms with Gasteiger partial charge >= 0.3 is 5.97 Å². The van der Waals surface area contributed by atoms with E-state index in [1.165, 1.54) is 0 Å². The molecule has 2 atom stereocenters. The number of rotatable bonds is 2. The zero-order valence-corrected chi connectivity index (χ0v) is 7.90. The van der Waals surface area contributed by atoms with E-state index in [-0.39, 0.29) is 0 Å². The fraction of sp³-hybridized carbons (Fsp3) is 0.625. The number of carboxylic acid groups (broad SMARTS) is 1. The first kappa shape index (κ1) is 10.4. The standard InChI is InChI=1S/C8H9ClF2O2/c1-8(2)3(4(8)7(12)13)5(9)6(10)11/h3-4H,1-2H3,(H,12,13). The Bertz CT molecular complexity index is 282. The highest BCUT2D eigenvalue weighted by atomic mass is 35.5. The van der Waals surface area contributed by atoms with Crippen molar-refractivity contribution in [1.29, 1.82) is 0 Å². The molecule has 1 saturated carbocycles. The summed E-state index contributed by atoms with van der Waals surface area (Å²) < 4.78 is 24.1. The summed E-state index contributed by atoms with van der Waals surface area (Å²) in [6, 6.07) is 0. The van der Waals surface area contributed by atoms with Crippen LogP contribution in [0.4, 0.5) is 8.78 Å². The number of aliphatic carboxylic acids is 1. The van der Waals surface area contributed by atoms with Crippen molar-refractivity contribution in [2.24, 2.45) is 17.3 Å². The van der Waals surface area contributed by atoms with E-state index in [9.17, 15) is 13.6 Å². The second kappa shape index (κ2) is 2.94. The molecule has 0 aromatic carbocycles. The van der Waals surface area contributed by atoms with Crippen LogP contribution in [-0.4, -0.2) is 11.1 Å². The van der Waals surface area contributed by atoms with E-state index in [1.807, 2.05) is 0 Å². The van der Waals surface area contributed by atoms with Crippen LogP contribution in [0.2, 0.25) is 0 Å². The third-order valence-electron chi connectivity index (χ3n) is 2.55. The van der Waals surface area contributed by atoms with Crippen LogP contribution in [0.15, 0.2) is 11.1 Å². The lowest BCUT2D eigenvalue weighted by Crippen LogP contribution is -2.03. The number of hydrogen-bond donors (Lipinski definition) is 1. The van der Waals surface area contributed by atoms with E-state index in [0.717, 1.165) is 0 Å². The van der Waals surface area contributed by atoms with E-state index in [4.69, 9.17) is 16.7 Å². The highest BCUT2D eigenvalue weighted by Crippen LogP contribution is 2.63. The maximum atomic E-state index is 12.1. The molecule has 74 valence electrons. The van der Waals surface area contributed by atoms with Gasteiger partial charge in [0.15, 0.2) is 0 Å². The summed E-state index contributed by atoms with van der Waals surface area (Å²) in [5, 5.41) is 8.05. The highest BCUT2D eigenvalue weighted by molar-refractivity contribution is 6.30. The first-order valence-corrected chi connectivity index (χ1v) is 4.11. The van der Waals surface area contributed by atoms with E-state index in [0.29, 0.717) is 0 Å². The second-order valence-corrected chi connectivity index (χ2v) is 4.13. The highest BCUT2D eigenvalue weighted by Gasteiger charge is 2.64. The summed E-state index contributed by atoms with van der Waals surface area (Å²) in [4.78, 5) is 10.6. The average molecular weight is 211 g/mol. The van der Waals surface area contributed by atoms with Crippen LogP contribution in [0.3, 0.4) is 0 Å². The lowest BCUT2D eigenvalue weighted by atomic mass is 10.1. The predicted molar refractivity (Wildman–Crippen MR) is 43.5 cm³/mol. The van der Waals surface area contributed by atoms with E-state index >= 15 is 0 Å². The van der Waals surface area contributed by atoms with Crippen molar-refractivity contribution in [3.05, 3.63) is 11.1 Å². The molecule has 13 heavy (non-hydrogen) atoms. The second-order valence-electron chi connectivity index (χ2n) is 3.72. The van der Waals surface area contributed by atoms with E-state index < -0.39 is 34.3 Å². The molecule has 0 aromatic rings. The molecular formula is C8H9ClF2O2. The Labute approximate surface area is 79.2 Å². The molecular weight excluding hydrogens is 202 g/mol. The Morgan fingerprint density at radius 1 is 1.38 bits per heavy atom. The maximum absolute atomic E-state index is 12.1. The van der Waals surface area contributed by atoms with Crippen LogP contribution in [0.1, 0.15) is 13.8 Å². The largest absolute Gasteiger partial charge is 0.481 e. The summed E-state index contributed by atoms with van der Waals surface area (Å²) in [5.41, 5.74) is -0.660. The molecule has 1 fully saturated rings. The van der Waals surface area contributed by atoms with Gasteiger partial charge in [-0.15, -0.1) is 0 Å². The third kappa shape index (κ3) is 1.55. The van der Waals surface area contributed by atoms with Crippen molar-refractivity contribution in [2.45, 2.75) is 13.8 Å². The monoisotopic (exact) mass is 210 g/mol. The number of halogens is 3. The van der Waals surface area contributed by atoms with Gasteiger partial charge in [-0.05, 0) is 5.41 Å². The Hall–Kier alpha value is -0.640. The number of carbonyl (C=O) groups is 1. The fourth-order valence-electron chi connectivity index (χ4n) is 1.69. The van der Waals surface area contributed by atoms with Crippen LogP contribution >= 0.6 is 11.6 Å². The summed E-state index contributed by atoms with van der Waals surface area (Å²) in [7, 11) is 0. The smallest absolute Gasteiger partial charge is 0.307 e. The Morgan fingerprint density at radius 2 is 1.85 bits per heavy atom. The van der Waals surface area contributed by atoms with E-state index in [2.05, 4.69) is 0 Å². The van der Waals surface area contributed by atoms with Gasteiger partial charge in [0.2, 0.25) is 0 Å². The molecule has 5 heteroatoms. The van der Waals surface area contributed by atoms with Crippen molar-refractivity contribution >= 4 is 17.6 Å². The Morgan fingerprint density at radius 3 is 2.08 bits per heavy atom. The van der Waals surface area contributed by atoms with Gasteiger partial charge in [0.1, 0.15) is 0 Å². The fourth-order valence-corrected chi connectivity index (χ4v) is 2.10. The molecule has 1 N–H and O–H groups in total. The third-order valence-corrected chi connectivity index (χ3v) is 2.92. The molecule has 0 amide bonds. The maximum Gasteiger partial charge on any atom is 0.307 e. The molecule has 2 unspecified atom stereocenters. The van der Waals surface area contributed by atoms with Gasteiger partial charge in [-0.1, -0.05) is 25.4 Å². The molecule has 1 rings (SSSR count). The average Bonchev–Trinajstić information content (AvgIpc) is 2.51. The molecule has 0 radical (unpaired) electrons. The van der Waals surface area contributed by atoms with E-state index in [1.54, 1.807) is 13.8 Å². The van der Waals surface area contributed by atoms with Crippen LogP contribution in [0, 0.1) is 17.3 Å². The molecule has 1 aliphatic carbocycles. The minimum atomic E-state index is -1.98. The molecule has 0 aliphatic heterocycles. The molecule has 1 aliphatic rings. The molecule has 0 heterocycles. The van der Waals surface area contributed by atoms with Gasteiger partial charge in [0, 0.05) is 5.92 Å². The molecule has 2 nitrogen and oxygen atoms in total. The zero-order chi connectivity index (χ0) is 10.4. The summed E-state index contributed by atoms with van der Waals surface area (Å²) in [6.07, 6.45) is -1.98. The number of allylic oxidation sites excluding steroid dienone is 1. The van der Waals surface area contributed by atoms with Crippen molar-refractivity contribution < 1.29 is 18.7 Å². The lowest BCUT2D eigenvalue weighted by Gasteiger charge is -1.98. The minimum absolute atomic E-state index is 0.614. The van der Waals surface area contributed by atoms with Gasteiger partial charge in [-0.3, -0.25) is 4.79 Å². The topological polar surface area (TPSA) is 37.3 Å². The van der Waals surface area contributed by atoms with Crippen LogP contribution in [0.25, 0.3) is 0 Å². The number of carboxylic acids is 1. The van der Waals surface area contributed by atoms with Crippen molar-refractivity contribution in [3.63, 3.8) is 0 Å². The zero-order valence-electron chi connectivity index (χ0n) is 7.14. The molecule has 0 aromatic heterocycles. The Kier molecular flexibility index (Phi) is 2.36.